The molecule has 0 radical (unpaired) electrons. The minimum atomic E-state index is -4.82. The van der Waals surface area contributed by atoms with Gasteiger partial charge in [-0.3, -0.25) is 0 Å². The molecule has 3 rings (SSSR count). The standard InChI is InChI=1S/C18H14Cl2F5N5OS/c1-7-17(32(2,26)31)30-16(28-7)14(9-3-4-10(19)12(20)13(9)22)29-15-11(21)5-8(6-27-15)18(23,24)25/h3-6,14,26H,1-2H3,(H,27,29)(H,28,30). The summed E-state index contributed by atoms with van der Waals surface area (Å²) in [4.78, 5) is 10.3. The molecule has 0 bridgehead atoms. The molecule has 172 valence electrons. The van der Waals surface area contributed by atoms with Gasteiger partial charge in [-0.05, 0) is 19.1 Å². The summed E-state index contributed by atoms with van der Waals surface area (Å²) in [5.41, 5.74) is -1.28. The quantitative estimate of drug-likeness (QED) is 0.290. The van der Waals surface area contributed by atoms with Gasteiger partial charge >= 0.3 is 6.18 Å². The summed E-state index contributed by atoms with van der Waals surface area (Å²) in [5, 5.41) is 1.82. The fourth-order valence-electron chi connectivity index (χ4n) is 2.88. The van der Waals surface area contributed by atoms with Crippen LogP contribution >= 0.6 is 23.2 Å². The molecule has 3 N–H and O–H groups in total. The number of benzene rings is 1. The number of aromatic nitrogens is 3. The number of alkyl halides is 3. The van der Waals surface area contributed by atoms with Gasteiger partial charge in [0.2, 0.25) is 0 Å². The van der Waals surface area contributed by atoms with Gasteiger partial charge in [0.25, 0.3) is 0 Å². The minimum absolute atomic E-state index is 0.0993. The Morgan fingerprint density at radius 2 is 1.91 bits per heavy atom. The van der Waals surface area contributed by atoms with Crippen LogP contribution in [-0.2, 0) is 15.9 Å². The smallest absolute Gasteiger partial charge is 0.354 e. The third kappa shape index (κ3) is 4.81. The first-order chi connectivity index (χ1) is 14.7. The molecule has 6 nitrogen and oxygen atoms in total. The second kappa shape index (κ2) is 8.49. The molecule has 2 atom stereocenters. The fourth-order valence-corrected chi connectivity index (χ4v) is 4.10. The summed E-state index contributed by atoms with van der Waals surface area (Å²) in [5.74, 6) is -3.08. The average molecular weight is 514 g/mol. The maximum Gasteiger partial charge on any atom is 0.417 e. The number of aromatic amines is 1. The number of H-pyrrole nitrogens is 1. The predicted octanol–water partition coefficient (Wildman–Crippen LogP) is 5.95. The van der Waals surface area contributed by atoms with Gasteiger partial charge in [0.05, 0.1) is 25.3 Å². The van der Waals surface area contributed by atoms with E-state index in [0.29, 0.717) is 6.20 Å². The lowest BCUT2D eigenvalue weighted by Crippen LogP contribution is -2.18. The van der Waals surface area contributed by atoms with Gasteiger partial charge in [0.15, 0.2) is 16.7 Å². The minimum Gasteiger partial charge on any atom is -0.354 e. The van der Waals surface area contributed by atoms with Crippen molar-refractivity contribution in [2.45, 2.75) is 24.2 Å². The van der Waals surface area contributed by atoms with Gasteiger partial charge in [-0.25, -0.2) is 27.7 Å². The van der Waals surface area contributed by atoms with E-state index >= 15 is 0 Å². The first-order valence-corrected chi connectivity index (χ1v) is 11.4. The molecule has 1 aromatic carbocycles. The van der Waals surface area contributed by atoms with Crippen LogP contribution in [0.5, 0.6) is 0 Å². The van der Waals surface area contributed by atoms with Crippen LogP contribution in [0.1, 0.15) is 28.7 Å². The number of nitrogens with one attached hydrogen (secondary N) is 3. The van der Waals surface area contributed by atoms with Gasteiger partial charge in [0.1, 0.15) is 17.7 Å². The number of aryl methyl sites for hydroxylation is 1. The van der Waals surface area contributed by atoms with Crippen molar-refractivity contribution in [1.82, 2.24) is 15.0 Å². The molecule has 0 aliphatic carbocycles. The number of imidazole rings is 1. The molecule has 3 aromatic rings. The van der Waals surface area contributed by atoms with E-state index in [1.807, 2.05) is 0 Å². The normalized spacial score (nSPS) is 14.8. The van der Waals surface area contributed by atoms with Gasteiger partial charge in [-0.15, -0.1) is 0 Å². The lowest BCUT2D eigenvalue weighted by Gasteiger charge is -2.20. The van der Waals surface area contributed by atoms with E-state index in [1.165, 1.54) is 19.1 Å². The molecule has 2 heterocycles. The Hall–Kier alpha value is -2.44. The molecule has 0 spiro atoms. The van der Waals surface area contributed by atoms with Gasteiger partial charge in [-0.2, -0.15) is 13.2 Å². The first-order valence-electron chi connectivity index (χ1n) is 8.63. The number of hydrogen-bond acceptors (Lipinski definition) is 5. The van der Waals surface area contributed by atoms with Crippen LogP contribution < -0.4 is 5.32 Å². The Labute approximate surface area is 189 Å². The third-order valence-electron chi connectivity index (χ3n) is 4.33. The molecule has 0 amide bonds. The molecule has 0 aliphatic rings. The summed E-state index contributed by atoms with van der Waals surface area (Å²) in [7, 11) is -3.28. The van der Waals surface area contributed by atoms with Crippen LogP contribution in [-0.4, -0.2) is 25.4 Å². The van der Waals surface area contributed by atoms with Gasteiger partial charge in [-0.1, -0.05) is 29.3 Å². The summed E-state index contributed by atoms with van der Waals surface area (Å²) >= 11 is 11.7. The topological polar surface area (TPSA) is 94.5 Å². The zero-order valence-electron chi connectivity index (χ0n) is 16.2. The van der Waals surface area contributed by atoms with Crippen molar-refractivity contribution in [1.29, 1.82) is 4.78 Å². The molecular weight excluding hydrogens is 500 g/mol. The Balaban J connectivity index is 2.16. The molecule has 0 aliphatic heterocycles. The molecule has 0 saturated carbocycles. The molecule has 0 saturated heterocycles. The Morgan fingerprint density at radius 3 is 2.44 bits per heavy atom. The highest BCUT2D eigenvalue weighted by Gasteiger charge is 2.33. The van der Waals surface area contributed by atoms with Crippen molar-refractivity contribution in [3.8, 4) is 0 Å². The number of rotatable bonds is 5. The first kappa shape index (κ1) is 24.2. The van der Waals surface area contributed by atoms with Gasteiger partial charge in [0, 0.05) is 23.7 Å². The summed E-state index contributed by atoms with van der Waals surface area (Å²) < 4.78 is 87.7. The van der Waals surface area contributed by atoms with Crippen LogP contribution in [0.25, 0.3) is 0 Å². The second-order valence-electron chi connectivity index (χ2n) is 6.79. The van der Waals surface area contributed by atoms with E-state index in [4.69, 9.17) is 28.0 Å². The molecule has 0 fully saturated rings. The van der Waals surface area contributed by atoms with Crippen LogP contribution in [0.2, 0.25) is 10.0 Å². The molecular formula is C18H14Cl2F5N5OS. The lowest BCUT2D eigenvalue weighted by molar-refractivity contribution is -0.138. The van der Waals surface area contributed by atoms with Crippen molar-refractivity contribution < 1.29 is 26.2 Å². The summed E-state index contributed by atoms with van der Waals surface area (Å²) in [6, 6.07) is 1.35. The number of nitrogens with zero attached hydrogens (tertiary/aromatic N) is 2. The van der Waals surface area contributed by atoms with Crippen LogP contribution in [0.3, 0.4) is 0 Å². The zero-order chi connectivity index (χ0) is 24.0. The van der Waals surface area contributed by atoms with E-state index < -0.39 is 50.0 Å². The number of anilines is 1. The average Bonchev–Trinajstić information content (AvgIpc) is 3.07. The van der Waals surface area contributed by atoms with E-state index in [1.54, 1.807) is 0 Å². The number of halogens is 7. The second-order valence-corrected chi connectivity index (χ2v) is 9.65. The van der Waals surface area contributed by atoms with Crippen LogP contribution in [0.4, 0.5) is 27.8 Å². The molecule has 2 aromatic heterocycles. The van der Waals surface area contributed by atoms with Crippen LogP contribution in [0.15, 0.2) is 29.4 Å². The monoisotopic (exact) mass is 513 g/mol. The van der Waals surface area contributed by atoms with E-state index in [-0.39, 0.29) is 33.2 Å². The van der Waals surface area contributed by atoms with Crippen molar-refractivity contribution in [2.24, 2.45) is 0 Å². The highest BCUT2D eigenvalue weighted by atomic mass is 35.5. The maximum atomic E-state index is 14.9. The maximum absolute atomic E-state index is 14.9. The van der Waals surface area contributed by atoms with Gasteiger partial charge < -0.3 is 10.3 Å². The van der Waals surface area contributed by atoms with Crippen LogP contribution in [0, 0.1) is 23.3 Å². The Bertz CT molecular complexity index is 1290. The largest absolute Gasteiger partial charge is 0.417 e. The lowest BCUT2D eigenvalue weighted by atomic mass is 10.1. The SMILES string of the molecule is Cc1[nH]c(C(Nc2ncc(C(F)(F)F)cc2F)c2ccc(Cl)c(Cl)c2F)nc1S(C)(=N)=O. The van der Waals surface area contributed by atoms with E-state index in [9.17, 15) is 26.2 Å². The van der Waals surface area contributed by atoms with Crippen molar-refractivity contribution >= 4 is 38.7 Å². The van der Waals surface area contributed by atoms with E-state index in [2.05, 4.69) is 20.3 Å². The van der Waals surface area contributed by atoms with E-state index in [0.717, 1.165) is 6.26 Å². The highest BCUT2D eigenvalue weighted by molar-refractivity contribution is 7.91. The Kier molecular flexibility index (Phi) is 6.42. The molecule has 14 heteroatoms. The Morgan fingerprint density at radius 1 is 1.25 bits per heavy atom. The van der Waals surface area contributed by atoms with Crippen molar-refractivity contribution in [3.05, 3.63) is 68.7 Å². The summed E-state index contributed by atoms with van der Waals surface area (Å²) in [6.07, 6.45) is -3.28. The molecule has 32 heavy (non-hydrogen) atoms. The zero-order valence-corrected chi connectivity index (χ0v) is 18.6. The van der Waals surface area contributed by atoms with Crippen molar-refractivity contribution in [2.75, 3.05) is 11.6 Å². The number of hydrogen-bond donors (Lipinski definition) is 3. The fraction of sp³-hybridized carbons (Fsp3) is 0.222. The third-order valence-corrected chi connectivity index (χ3v) is 6.24. The highest BCUT2D eigenvalue weighted by Crippen LogP contribution is 2.36. The van der Waals surface area contributed by atoms with Crippen molar-refractivity contribution in [3.63, 3.8) is 0 Å². The summed E-state index contributed by atoms with van der Waals surface area (Å²) in [6.45, 7) is 1.47. The molecule has 2 unspecified atom stereocenters. The predicted molar refractivity (Wildman–Crippen MR) is 109 cm³/mol. The number of pyridine rings is 1.